The van der Waals surface area contributed by atoms with Crippen LogP contribution in [0.2, 0.25) is 0 Å². The number of hydrogen-bond donors (Lipinski definition) is 1. The normalized spacial score (nSPS) is 13.5. The molecule has 8 nitrogen and oxygen atoms in total. The summed E-state index contributed by atoms with van der Waals surface area (Å²) < 4.78 is 50.4. The summed E-state index contributed by atoms with van der Waals surface area (Å²) in [5.41, 5.74) is 2.19. The van der Waals surface area contributed by atoms with Crippen molar-refractivity contribution in [2.75, 3.05) is 6.61 Å². The van der Waals surface area contributed by atoms with Crippen molar-refractivity contribution in [2.24, 2.45) is 0 Å². The average molecular weight is 502 g/mol. The van der Waals surface area contributed by atoms with E-state index in [0.29, 0.717) is 6.61 Å². The van der Waals surface area contributed by atoms with Crippen molar-refractivity contribution >= 4 is 0 Å². The standard InChI is InChI=1S/C14H16O2.6CO.2Co/c1-11-4-6-12(7-5-11)8-9-14-13(15)3-2-10-16-14;6*1-2;;/h4-7,13-15H,2-3,10H2,1H3;;;;;;;;/t13-,14-;;;;;;;;/m0......../s1. The molecule has 1 fully saturated rings. The molecule has 2 rings (SSSR count). The Labute approximate surface area is 196 Å². The van der Waals surface area contributed by atoms with Crippen molar-refractivity contribution in [3.8, 4) is 11.8 Å². The average Bonchev–Trinajstić information content (AvgIpc) is 2.82. The summed E-state index contributed by atoms with van der Waals surface area (Å²) in [4.78, 5) is 0. The number of benzene rings is 1. The molecule has 1 N–H and O–H groups in total. The summed E-state index contributed by atoms with van der Waals surface area (Å²) in [6.45, 7) is 29.7. The summed E-state index contributed by atoms with van der Waals surface area (Å²) in [6.07, 6.45) is 0.943. The fourth-order valence-electron chi connectivity index (χ4n) is 1.69. The van der Waals surface area contributed by atoms with Crippen molar-refractivity contribution in [2.45, 2.75) is 32.0 Å². The van der Waals surface area contributed by atoms with Crippen molar-refractivity contribution < 1.29 is 71.3 Å². The SMILES string of the molecule is Cc1ccc(C#C[C@@H]2OCCC[C@@H]2O)cc1.[C-]#[O+].[C-]#[O+].[C-]#[O+].[C-]#[O+].[C-]#[O+].[C-]#[O+].[Co].[Co]. The van der Waals surface area contributed by atoms with Gasteiger partial charge < -0.3 is 9.84 Å². The van der Waals surface area contributed by atoms with Crippen LogP contribution in [0.5, 0.6) is 0 Å². The molecular formula is C20H16Co2O8. The van der Waals surface area contributed by atoms with E-state index in [1.165, 1.54) is 5.56 Å². The van der Waals surface area contributed by atoms with Gasteiger partial charge in [-0.3, -0.25) is 0 Å². The monoisotopic (exact) mass is 502 g/mol. The van der Waals surface area contributed by atoms with Crippen LogP contribution in [0.3, 0.4) is 0 Å². The topological polar surface area (TPSA) is 149 Å². The predicted octanol–water partition coefficient (Wildman–Crippen LogP) is 1.66. The van der Waals surface area contributed by atoms with Crippen LogP contribution in [0.15, 0.2) is 24.3 Å². The molecule has 0 aliphatic carbocycles. The van der Waals surface area contributed by atoms with Crippen LogP contribution in [0.4, 0.5) is 0 Å². The molecule has 0 aromatic heterocycles. The van der Waals surface area contributed by atoms with Gasteiger partial charge in [0.15, 0.2) is 0 Å². The Balaban J connectivity index is -0.0000000657. The van der Waals surface area contributed by atoms with E-state index in [4.69, 9.17) is 32.6 Å². The molecule has 1 heterocycles. The third kappa shape index (κ3) is 28.4. The molecule has 30 heavy (non-hydrogen) atoms. The Hall–Kier alpha value is -1.85. The van der Waals surface area contributed by atoms with Gasteiger partial charge in [-0.1, -0.05) is 29.5 Å². The van der Waals surface area contributed by atoms with Crippen LogP contribution in [-0.2, 0) is 66.2 Å². The number of aryl methyl sites for hydroxylation is 1. The molecular weight excluding hydrogens is 486 g/mol. The van der Waals surface area contributed by atoms with E-state index in [-0.39, 0.29) is 39.7 Å². The minimum atomic E-state index is -0.438. The minimum Gasteiger partial charge on any atom is 0 e. The Morgan fingerprint density at radius 1 is 0.833 bits per heavy atom. The second kappa shape index (κ2) is 45.7. The van der Waals surface area contributed by atoms with Gasteiger partial charge in [-0.05, 0) is 31.9 Å². The minimum absolute atomic E-state index is 0. The number of aliphatic hydroxyl groups is 1. The van der Waals surface area contributed by atoms with Crippen molar-refractivity contribution in [1.82, 2.24) is 0 Å². The molecule has 2 atom stereocenters. The molecule has 0 amide bonds. The van der Waals surface area contributed by atoms with Crippen molar-refractivity contribution in [1.29, 1.82) is 0 Å². The maximum atomic E-state index is 9.66. The Morgan fingerprint density at radius 2 is 1.23 bits per heavy atom. The van der Waals surface area contributed by atoms with Crippen LogP contribution in [0.25, 0.3) is 0 Å². The van der Waals surface area contributed by atoms with E-state index in [1.807, 2.05) is 31.2 Å². The number of rotatable bonds is 0. The third-order valence-electron chi connectivity index (χ3n) is 2.70. The van der Waals surface area contributed by atoms with E-state index in [0.717, 1.165) is 18.4 Å². The summed E-state index contributed by atoms with van der Waals surface area (Å²) in [6, 6.07) is 8.03. The molecule has 0 unspecified atom stereocenters. The summed E-state index contributed by atoms with van der Waals surface area (Å²) >= 11 is 0. The van der Waals surface area contributed by atoms with Crippen LogP contribution < -0.4 is 0 Å². The Bertz CT molecular complexity index is 603. The Kier molecular flexibility index (Phi) is 70.7. The second-order valence-electron chi connectivity index (χ2n) is 4.14. The van der Waals surface area contributed by atoms with E-state index >= 15 is 0 Å². The zero-order valence-corrected chi connectivity index (χ0v) is 17.6. The molecule has 0 saturated carbocycles. The van der Waals surface area contributed by atoms with E-state index < -0.39 is 6.10 Å². The summed E-state index contributed by atoms with van der Waals surface area (Å²) in [5.74, 6) is 6.02. The fourth-order valence-corrected chi connectivity index (χ4v) is 1.69. The van der Waals surface area contributed by atoms with Gasteiger partial charge in [0.1, 0.15) is 6.10 Å². The number of ether oxygens (including phenoxy) is 1. The smallest absolute Gasteiger partial charge is 0 e. The zero-order valence-electron chi connectivity index (χ0n) is 15.6. The summed E-state index contributed by atoms with van der Waals surface area (Å²) in [5, 5.41) is 9.66. The third-order valence-corrected chi connectivity index (χ3v) is 2.70. The first-order valence-electron chi connectivity index (χ1n) is 6.86. The molecule has 1 aliphatic heterocycles. The van der Waals surface area contributed by atoms with Gasteiger partial charge in [-0.2, -0.15) is 0 Å². The molecule has 1 aromatic rings. The molecule has 1 saturated heterocycles. The maximum Gasteiger partial charge on any atom is 0 e. The maximum absolute atomic E-state index is 9.66. The predicted molar refractivity (Wildman–Crippen MR) is 86.6 cm³/mol. The molecule has 2 radical (unpaired) electrons. The van der Waals surface area contributed by atoms with Crippen LogP contribution in [0.1, 0.15) is 24.0 Å². The van der Waals surface area contributed by atoms with E-state index in [1.54, 1.807) is 0 Å². The first-order chi connectivity index (χ1) is 13.8. The molecule has 162 valence electrons. The number of aliphatic hydroxyl groups excluding tert-OH is 1. The first kappa shape index (κ1) is 46.4. The first-order valence-corrected chi connectivity index (χ1v) is 6.86. The van der Waals surface area contributed by atoms with Crippen LogP contribution >= 0.6 is 0 Å². The van der Waals surface area contributed by atoms with Gasteiger partial charge in [0.25, 0.3) is 0 Å². The van der Waals surface area contributed by atoms with Crippen LogP contribution in [0, 0.1) is 58.7 Å². The van der Waals surface area contributed by atoms with Crippen molar-refractivity contribution in [3.05, 3.63) is 75.3 Å². The largest absolute Gasteiger partial charge is 0 e. The van der Waals surface area contributed by atoms with Gasteiger partial charge in [0.05, 0.1) is 6.10 Å². The molecule has 0 spiro atoms. The van der Waals surface area contributed by atoms with Gasteiger partial charge >= 0.3 is 67.8 Å². The molecule has 1 aliphatic rings. The van der Waals surface area contributed by atoms with E-state index in [2.05, 4.69) is 51.7 Å². The molecule has 10 heteroatoms. The zero-order chi connectivity index (χ0) is 23.4. The van der Waals surface area contributed by atoms with Gasteiger partial charge in [0.2, 0.25) is 0 Å². The molecule has 1 aromatic carbocycles. The fraction of sp³-hybridized carbons (Fsp3) is 0.300. The quantitative estimate of drug-likeness (QED) is 0.327. The van der Waals surface area contributed by atoms with E-state index in [9.17, 15) is 5.11 Å². The molecule has 0 bridgehead atoms. The van der Waals surface area contributed by atoms with Crippen molar-refractivity contribution in [3.63, 3.8) is 0 Å². The van der Waals surface area contributed by atoms with Gasteiger partial charge in [0, 0.05) is 45.7 Å². The summed E-state index contributed by atoms with van der Waals surface area (Å²) in [7, 11) is 0. The van der Waals surface area contributed by atoms with Gasteiger partial charge in [-0.15, -0.1) is 0 Å². The van der Waals surface area contributed by atoms with Gasteiger partial charge in [-0.25, -0.2) is 0 Å². The Morgan fingerprint density at radius 3 is 1.60 bits per heavy atom. The number of hydrogen-bond acceptors (Lipinski definition) is 2. The van der Waals surface area contributed by atoms with Crippen LogP contribution in [-0.4, -0.2) is 23.9 Å². The second-order valence-corrected chi connectivity index (χ2v) is 4.14.